The third-order valence-corrected chi connectivity index (χ3v) is 3.34. The molecule has 2 aromatic carbocycles. The second kappa shape index (κ2) is 8.50. The number of ether oxygens (including phenoxy) is 1. The number of hydrogen-bond donors (Lipinski definition) is 2. The number of carbonyl (C=O) groups is 1. The molecule has 2 N–H and O–H groups in total. The predicted octanol–water partition coefficient (Wildman–Crippen LogP) is 3.99. The van der Waals surface area contributed by atoms with Gasteiger partial charge in [-0.05, 0) is 31.0 Å². The Hall–Kier alpha value is -2.84. The molecule has 0 aliphatic heterocycles. The molecule has 0 aliphatic carbocycles. The molecular formula is C17H15F5N2O2. The summed E-state index contributed by atoms with van der Waals surface area (Å²) >= 11 is 0. The van der Waals surface area contributed by atoms with Crippen molar-refractivity contribution in [3.8, 4) is 5.75 Å². The van der Waals surface area contributed by atoms with E-state index < -0.39 is 40.7 Å². The van der Waals surface area contributed by atoms with Gasteiger partial charge < -0.3 is 4.74 Å². The number of amides is 1. The molecule has 4 nitrogen and oxygen atoms in total. The van der Waals surface area contributed by atoms with E-state index in [1.807, 2.05) is 30.5 Å². The monoisotopic (exact) mass is 374 g/mol. The number of nitrogens with one attached hydrogen (secondary N) is 2. The molecule has 0 bridgehead atoms. The standard InChI is InChI=1S/C17H15F5N2O2/c1-9-4-2-5-10(8-9)26-7-3-6-11(25)23-24-17-15(21)13(19)12(18)14(20)16(17)22/h2,4-5,8,24H,3,6-7H2,1H3,(H,23,25). The average molecular weight is 374 g/mol. The van der Waals surface area contributed by atoms with Crippen LogP contribution in [0, 0.1) is 36.0 Å². The average Bonchev–Trinajstić information content (AvgIpc) is 2.62. The second-order valence-corrected chi connectivity index (χ2v) is 5.39. The topological polar surface area (TPSA) is 50.4 Å². The van der Waals surface area contributed by atoms with Crippen molar-refractivity contribution in [2.75, 3.05) is 12.0 Å². The fraction of sp³-hybridized carbons (Fsp3) is 0.235. The number of carbonyl (C=O) groups excluding carboxylic acids is 1. The predicted molar refractivity (Wildman–Crippen MR) is 83.9 cm³/mol. The number of hydrazine groups is 1. The Kier molecular flexibility index (Phi) is 6.37. The molecule has 1 amide bonds. The molecule has 0 spiro atoms. The molecule has 0 heterocycles. The van der Waals surface area contributed by atoms with E-state index in [0.717, 1.165) is 5.56 Å². The second-order valence-electron chi connectivity index (χ2n) is 5.39. The molecule has 2 rings (SSSR count). The molecule has 0 fully saturated rings. The third kappa shape index (κ3) is 4.62. The summed E-state index contributed by atoms with van der Waals surface area (Å²) in [6.07, 6.45) is 0.187. The Morgan fingerprint density at radius 1 is 1.00 bits per heavy atom. The van der Waals surface area contributed by atoms with Gasteiger partial charge in [0.2, 0.25) is 11.7 Å². The van der Waals surface area contributed by atoms with Crippen molar-refractivity contribution in [1.29, 1.82) is 0 Å². The number of aryl methyl sites for hydroxylation is 1. The van der Waals surface area contributed by atoms with Crippen LogP contribution in [0.1, 0.15) is 18.4 Å². The van der Waals surface area contributed by atoms with Crippen LogP contribution >= 0.6 is 0 Å². The molecule has 0 saturated carbocycles. The van der Waals surface area contributed by atoms with Crippen LogP contribution in [0.3, 0.4) is 0 Å². The van der Waals surface area contributed by atoms with Gasteiger partial charge in [-0.3, -0.25) is 15.6 Å². The van der Waals surface area contributed by atoms with Crippen molar-refractivity contribution in [2.45, 2.75) is 19.8 Å². The number of benzene rings is 2. The summed E-state index contributed by atoms with van der Waals surface area (Å²) in [7, 11) is 0. The van der Waals surface area contributed by atoms with Crippen LogP contribution < -0.4 is 15.6 Å². The lowest BCUT2D eigenvalue weighted by atomic mass is 10.2. The van der Waals surface area contributed by atoms with Gasteiger partial charge in [-0.2, -0.15) is 0 Å². The maximum absolute atomic E-state index is 13.4. The molecule has 26 heavy (non-hydrogen) atoms. The molecule has 0 atom stereocenters. The first-order valence-electron chi connectivity index (χ1n) is 7.57. The van der Waals surface area contributed by atoms with Crippen LogP contribution in [0.2, 0.25) is 0 Å². The summed E-state index contributed by atoms with van der Waals surface area (Å²) in [5.74, 6) is -10.7. The quantitative estimate of drug-likeness (QED) is 0.253. The van der Waals surface area contributed by atoms with Crippen LogP contribution in [-0.2, 0) is 4.79 Å². The Labute approximate surface area is 145 Å². The zero-order chi connectivity index (χ0) is 19.3. The molecule has 0 saturated heterocycles. The zero-order valence-corrected chi connectivity index (χ0v) is 13.6. The van der Waals surface area contributed by atoms with E-state index in [-0.39, 0.29) is 19.4 Å². The lowest BCUT2D eigenvalue weighted by Gasteiger charge is -2.12. The van der Waals surface area contributed by atoms with Crippen molar-refractivity contribution in [2.24, 2.45) is 0 Å². The Bertz CT molecular complexity index is 785. The summed E-state index contributed by atoms with van der Waals surface area (Å²) in [5, 5.41) is 0. The minimum atomic E-state index is -2.27. The maximum Gasteiger partial charge on any atom is 0.238 e. The third-order valence-electron chi connectivity index (χ3n) is 3.34. The SMILES string of the molecule is Cc1cccc(OCCCC(=O)NNc2c(F)c(F)c(F)c(F)c2F)c1. The Morgan fingerprint density at radius 2 is 1.62 bits per heavy atom. The first-order chi connectivity index (χ1) is 12.3. The van der Waals surface area contributed by atoms with Crippen molar-refractivity contribution < 1.29 is 31.5 Å². The summed E-state index contributed by atoms with van der Waals surface area (Å²) in [4.78, 5) is 11.6. The molecule has 9 heteroatoms. The first-order valence-corrected chi connectivity index (χ1v) is 7.57. The van der Waals surface area contributed by atoms with Crippen LogP contribution in [-0.4, -0.2) is 12.5 Å². The summed E-state index contributed by atoms with van der Waals surface area (Å²) in [6, 6.07) is 7.26. The van der Waals surface area contributed by atoms with Crippen molar-refractivity contribution in [3.63, 3.8) is 0 Å². The fourth-order valence-corrected chi connectivity index (χ4v) is 2.04. The van der Waals surface area contributed by atoms with Gasteiger partial charge in [0.05, 0.1) is 6.61 Å². The van der Waals surface area contributed by atoms with Gasteiger partial charge in [-0.1, -0.05) is 12.1 Å². The van der Waals surface area contributed by atoms with Crippen molar-refractivity contribution in [3.05, 3.63) is 58.9 Å². The largest absolute Gasteiger partial charge is 0.494 e. The fourth-order valence-electron chi connectivity index (χ4n) is 2.04. The first kappa shape index (κ1) is 19.5. The highest BCUT2D eigenvalue weighted by Crippen LogP contribution is 2.26. The van der Waals surface area contributed by atoms with E-state index in [2.05, 4.69) is 0 Å². The van der Waals surface area contributed by atoms with Gasteiger partial charge in [-0.15, -0.1) is 0 Å². The van der Waals surface area contributed by atoms with E-state index in [0.29, 0.717) is 5.75 Å². The highest BCUT2D eigenvalue weighted by molar-refractivity contribution is 5.77. The minimum Gasteiger partial charge on any atom is -0.494 e. The van der Waals surface area contributed by atoms with Crippen molar-refractivity contribution >= 4 is 11.6 Å². The van der Waals surface area contributed by atoms with E-state index in [1.165, 1.54) is 0 Å². The summed E-state index contributed by atoms with van der Waals surface area (Å²) in [6.45, 7) is 2.10. The van der Waals surface area contributed by atoms with Crippen LogP contribution in [0.15, 0.2) is 24.3 Å². The zero-order valence-electron chi connectivity index (χ0n) is 13.6. The van der Waals surface area contributed by atoms with E-state index >= 15 is 0 Å². The Morgan fingerprint density at radius 3 is 2.23 bits per heavy atom. The molecule has 0 unspecified atom stereocenters. The number of halogens is 5. The number of rotatable bonds is 7. The molecule has 0 radical (unpaired) electrons. The highest BCUT2D eigenvalue weighted by atomic mass is 19.2. The molecule has 140 valence electrons. The Balaban J connectivity index is 1.82. The molecular weight excluding hydrogens is 359 g/mol. The lowest BCUT2D eigenvalue weighted by molar-refractivity contribution is -0.120. The van der Waals surface area contributed by atoms with E-state index in [1.54, 1.807) is 11.5 Å². The van der Waals surface area contributed by atoms with Gasteiger partial charge >= 0.3 is 0 Å². The number of anilines is 1. The van der Waals surface area contributed by atoms with E-state index in [4.69, 9.17) is 4.74 Å². The molecule has 2 aromatic rings. The van der Waals surface area contributed by atoms with E-state index in [9.17, 15) is 26.7 Å². The van der Waals surface area contributed by atoms with Crippen LogP contribution in [0.4, 0.5) is 27.6 Å². The van der Waals surface area contributed by atoms with Crippen LogP contribution in [0.5, 0.6) is 5.75 Å². The lowest BCUT2D eigenvalue weighted by Crippen LogP contribution is -2.31. The van der Waals surface area contributed by atoms with Gasteiger partial charge in [0, 0.05) is 6.42 Å². The van der Waals surface area contributed by atoms with Gasteiger partial charge in [0.1, 0.15) is 11.4 Å². The van der Waals surface area contributed by atoms with Gasteiger partial charge in [-0.25, -0.2) is 22.0 Å². The van der Waals surface area contributed by atoms with Crippen LogP contribution in [0.25, 0.3) is 0 Å². The van der Waals surface area contributed by atoms with Gasteiger partial charge in [0.25, 0.3) is 0 Å². The molecule has 0 aromatic heterocycles. The summed E-state index contributed by atoms with van der Waals surface area (Å²) in [5.41, 5.74) is 3.28. The molecule has 0 aliphatic rings. The summed E-state index contributed by atoms with van der Waals surface area (Å²) < 4.78 is 71.3. The normalized spacial score (nSPS) is 10.5. The number of hydrogen-bond acceptors (Lipinski definition) is 3. The van der Waals surface area contributed by atoms with Crippen molar-refractivity contribution in [1.82, 2.24) is 5.43 Å². The minimum absolute atomic E-state index is 0.0891. The highest BCUT2D eigenvalue weighted by Gasteiger charge is 2.25. The van der Waals surface area contributed by atoms with Gasteiger partial charge in [0.15, 0.2) is 23.3 Å². The smallest absolute Gasteiger partial charge is 0.238 e. The maximum atomic E-state index is 13.4.